The number of nitrogens with two attached hydrogens (primary N) is 1. The predicted octanol–water partition coefficient (Wildman–Crippen LogP) is -0.0769. The van der Waals surface area contributed by atoms with Crippen molar-refractivity contribution in [2.45, 2.75) is 19.4 Å². The van der Waals surface area contributed by atoms with Crippen LogP contribution in [-0.2, 0) is 7.05 Å². The Balaban J connectivity index is 3.02. The highest BCUT2D eigenvalue weighted by molar-refractivity contribution is 5.82. The molecule has 0 fully saturated rings. The molecule has 1 rings (SSSR count). The average Bonchev–Trinajstić information content (AvgIpc) is 2.46. The summed E-state index contributed by atoms with van der Waals surface area (Å²) in [4.78, 5) is 14.3. The van der Waals surface area contributed by atoms with Gasteiger partial charge in [0.25, 0.3) is 5.82 Å². The molecule has 0 saturated carbocycles. The zero-order chi connectivity index (χ0) is 10.0. The maximum absolute atomic E-state index is 10.5. The maximum Gasteiger partial charge on any atom is 0.375 e. The van der Waals surface area contributed by atoms with E-state index in [2.05, 4.69) is 10.1 Å². The van der Waals surface area contributed by atoms with Crippen molar-refractivity contribution >= 4 is 5.97 Å². The Morgan fingerprint density at radius 1 is 1.77 bits per heavy atom. The first kappa shape index (κ1) is 9.66. The molecule has 13 heavy (non-hydrogen) atoms. The molecule has 0 bridgehead atoms. The van der Waals surface area contributed by atoms with Crippen LogP contribution in [0.2, 0.25) is 0 Å². The summed E-state index contributed by atoms with van der Waals surface area (Å²) in [6, 6.07) is -0.259. The molecule has 0 aromatic carbocycles. The lowest BCUT2D eigenvalue weighted by atomic mass is 10.2. The molecule has 72 valence electrons. The molecule has 6 heteroatoms. The SMILES string of the molecule is CC[C@H](N)c1nc(C(=O)O)nn1C. The number of nitrogens with zero attached hydrogens (tertiary/aromatic N) is 3. The third kappa shape index (κ3) is 1.83. The third-order valence-electron chi connectivity index (χ3n) is 1.76. The second-order valence-electron chi connectivity index (χ2n) is 2.74. The molecule has 1 aromatic rings. The molecule has 6 nitrogen and oxygen atoms in total. The van der Waals surface area contributed by atoms with E-state index in [1.165, 1.54) is 4.68 Å². The molecular formula is C7H12N4O2. The minimum atomic E-state index is -1.13. The molecule has 0 spiro atoms. The highest BCUT2D eigenvalue weighted by Crippen LogP contribution is 2.09. The van der Waals surface area contributed by atoms with Gasteiger partial charge in [-0.05, 0) is 6.42 Å². The zero-order valence-electron chi connectivity index (χ0n) is 7.56. The second kappa shape index (κ2) is 3.53. The number of aryl methyl sites for hydroxylation is 1. The van der Waals surface area contributed by atoms with E-state index in [0.29, 0.717) is 12.2 Å². The summed E-state index contributed by atoms with van der Waals surface area (Å²) < 4.78 is 1.40. The van der Waals surface area contributed by atoms with Gasteiger partial charge < -0.3 is 10.8 Å². The lowest BCUT2D eigenvalue weighted by Crippen LogP contribution is -2.14. The van der Waals surface area contributed by atoms with Gasteiger partial charge in [0.2, 0.25) is 0 Å². The van der Waals surface area contributed by atoms with Crippen molar-refractivity contribution in [1.29, 1.82) is 0 Å². The van der Waals surface area contributed by atoms with Crippen LogP contribution in [0.3, 0.4) is 0 Å². The Hall–Kier alpha value is -1.43. The monoisotopic (exact) mass is 184 g/mol. The Morgan fingerprint density at radius 3 is 2.77 bits per heavy atom. The molecule has 0 aliphatic carbocycles. The van der Waals surface area contributed by atoms with E-state index in [4.69, 9.17) is 10.8 Å². The Bertz CT molecular complexity index is 320. The number of carboxylic acid groups (broad SMARTS) is 1. The third-order valence-corrected chi connectivity index (χ3v) is 1.76. The quantitative estimate of drug-likeness (QED) is 0.685. The fourth-order valence-electron chi connectivity index (χ4n) is 0.993. The minimum Gasteiger partial charge on any atom is -0.475 e. The fraction of sp³-hybridized carbons (Fsp3) is 0.571. The van der Waals surface area contributed by atoms with Gasteiger partial charge in [0.15, 0.2) is 0 Å². The Morgan fingerprint density at radius 2 is 2.38 bits per heavy atom. The van der Waals surface area contributed by atoms with Crippen LogP contribution in [0.1, 0.15) is 35.8 Å². The van der Waals surface area contributed by atoms with Gasteiger partial charge in [-0.3, -0.25) is 4.68 Å². The van der Waals surface area contributed by atoms with Gasteiger partial charge in [-0.2, -0.15) is 0 Å². The van der Waals surface area contributed by atoms with E-state index >= 15 is 0 Å². The first-order valence-electron chi connectivity index (χ1n) is 3.96. The van der Waals surface area contributed by atoms with Gasteiger partial charge in [-0.25, -0.2) is 9.78 Å². The summed E-state index contributed by atoms with van der Waals surface area (Å²) in [5.74, 6) is -0.841. The number of aromatic nitrogens is 3. The van der Waals surface area contributed by atoms with Crippen molar-refractivity contribution in [1.82, 2.24) is 14.8 Å². The standard InChI is InChI=1S/C7H12N4O2/c1-3-4(8)6-9-5(7(12)13)10-11(6)2/h4H,3,8H2,1-2H3,(H,12,13)/t4-/m0/s1. The van der Waals surface area contributed by atoms with E-state index in [1.807, 2.05) is 6.92 Å². The largest absolute Gasteiger partial charge is 0.475 e. The van der Waals surface area contributed by atoms with Gasteiger partial charge in [0.05, 0.1) is 6.04 Å². The number of aromatic carboxylic acids is 1. The molecule has 1 aromatic heterocycles. The molecule has 1 atom stereocenters. The Labute approximate surface area is 75.4 Å². The maximum atomic E-state index is 10.5. The summed E-state index contributed by atoms with van der Waals surface area (Å²) in [5, 5.41) is 12.3. The number of hydrogen-bond acceptors (Lipinski definition) is 4. The van der Waals surface area contributed by atoms with Crippen LogP contribution in [-0.4, -0.2) is 25.8 Å². The molecular weight excluding hydrogens is 172 g/mol. The van der Waals surface area contributed by atoms with Crippen molar-refractivity contribution in [2.75, 3.05) is 0 Å². The first-order chi connectivity index (χ1) is 6.06. The van der Waals surface area contributed by atoms with Crippen molar-refractivity contribution in [3.8, 4) is 0 Å². The highest BCUT2D eigenvalue weighted by Gasteiger charge is 2.16. The van der Waals surface area contributed by atoms with Crippen LogP contribution < -0.4 is 5.73 Å². The number of carboxylic acids is 1. The second-order valence-corrected chi connectivity index (χ2v) is 2.74. The molecule has 0 aliphatic heterocycles. The summed E-state index contributed by atoms with van der Waals surface area (Å²) in [6.45, 7) is 1.90. The number of hydrogen-bond donors (Lipinski definition) is 2. The molecule has 0 amide bonds. The molecule has 0 aliphatic rings. The van der Waals surface area contributed by atoms with Gasteiger partial charge in [-0.15, -0.1) is 5.10 Å². The van der Waals surface area contributed by atoms with E-state index in [9.17, 15) is 4.79 Å². The smallest absolute Gasteiger partial charge is 0.375 e. The predicted molar refractivity (Wildman–Crippen MR) is 45.2 cm³/mol. The van der Waals surface area contributed by atoms with Crippen LogP contribution in [0, 0.1) is 0 Å². The first-order valence-corrected chi connectivity index (χ1v) is 3.96. The van der Waals surface area contributed by atoms with Crippen LogP contribution in [0.25, 0.3) is 0 Å². The van der Waals surface area contributed by atoms with Gasteiger partial charge in [0, 0.05) is 7.05 Å². The topological polar surface area (TPSA) is 94.0 Å². The fourth-order valence-corrected chi connectivity index (χ4v) is 0.993. The van der Waals surface area contributed by atoms with Crippen LogP contribution in [0.15, 0.2) is 0 Å². The van der Waals surface area contributed by atoms with Crippen LogP contribution in [0.4, 0.5) is 0 Å². The lowest BCUT2D eigenvalue weighted by molar-refractivity contribution is 0.0683. The van der Waals surface area contributed by atoms with Crippen molar-refractivity contribution in [3.63, 3.8) is 0 Å². The van der Waals surface area contributed by atoms with E-state index in [-0.39, 0.29) is 11.9 Å². The van der Waals surface area contributed by atoms with Gasteiger partial charge >= 0.3 is 5.97 Å². The van der Waals surface area contributed by atoms with Gasteiger partial charge in [-0.1, -0.05) is 6.92 Å². The molecule has 0 radical (unpaired) electrons. The highest BCUT2D eigenvalue weighted by atomic mass is 16.4. The zero-order valence-corrected chi connectivity index (χ0v) is 7.56. The summed E-state index contributed by atoms with van der Waals surface area (Å²) in [5.41, 5.74) is 5.69. The summed E-state index contributed by atoms with van der Waals surface area (Å²) >= 11 is 0. The normalized spacial score (nSPS) is 12.8. The summed E-state index contributed by atoms with van der Waals surface area (Å²) in [6.07, 6.45) is 0.700. The number of carbonyl (C=O) groups is 1. The van der Waals surface area contributed by atoms with Crippen molar-refractivity contribution in [2.24, 2.45) is 12.8 Å². The number of rotatable bonds is 3. The van der Waals surface area contributed by atoms with Crippen LogP contribution >= 0.6 is 0 Å². The molecule has 1 heterocycles. The minimum absolute atomic E-state index is 0.207. The molecule has 0 unspecified atom stereocenters. The molecule has 3 N–H and O–H groups in total. The van der Waals surface area contributed by atoms with Crippen molar-refractivity contribution in [3.05, 3.63) is 11.6 Å². The lowest BCUT2D eigenvalue weighted by Gasteiger charge is -2.05. The summed E-state index contributed by atoms with van der Waals surface area (Å²) in [7, 11) is 1.63. The Kier molecular flexibility index (Phi) is 2.62. The molecule has 0 saturated heterocycles. The average molecular weight is 184 g/mol. The van der Waals surface area contributed by atoms with Gasteiger partial charge in [0.1, 0.15) is 5.82 Å². The van der Waals surface area contributed by atoms with Crippen molar-refractivity contribution < 1.29 is 9.90 Å². The van der Waals surface area contributed by atoms with Crippen LogP contribution in [0.5, 0.6) is 0 Å². The van der Waals surface area contributed by atoms with E-state index in [0.717, 1.165) is 0 Å². The van der Waals surface area contributed by atoms with E-state index < -0.39 is 5.97 Å². The van der Waals surface area contributed by atoms with E-state index in [1.54, 1.807) is 7.05 Å².